The van der Waals surface area contributed by atoms with Gasteiger partial charge in [-0.25, -0.2) is 0 Å². The van der Waals surface area contributed by atoms with Crippen molar-refractivity contribution in [3.63, 3.8) is 0 Å². The molecule has 5 nitrogen and oxygen atoms in total. The van der Waals surface area contributed by atoms with Gasteiger partial charge in [0.15, 0.2) is 11.5 Å². The summed E-state index contributed by atoms with van der Waals surface area (Å²) in [5.74, 6) is -0.409. The average molecular weight is 238 g/mol. The highest BCUT2D eigenvalue weighted by molar-refractivity contribution is 5.90. The van der Waals surface area contributed by atoms with Crippen molar-refractivity contribution in [2.45, 2.75) is 39.2 Å². The Morgan fingerprint density at radius 1 is 1.65 bits per heavy atom. The summed E-state index contributed by atoms with van der Waals surface area (Å²) in [5, 5.41) is 13.7. The van der Waals surface area contributed by atoms with Gasteiger partial charge in [0.05, 0.1) is 0 Å². The lowest BCUT2D eigenvalue weighted by atomic mass is 9.96. The van der Waals surface area contributed by atoms with E-state index in [-0.39, 0.29) is 11.5 Å². The Morgan fingerprint density at radius 2 is 2.29 bits per heavy atom. The average Bonchev–Trinajstić information content (AvgIpc) is 2.65. The summed E-state index contributed by atoms with van der Waals surface area (Å²) >= 11 is 0. The molecule has 3 N–H and O–H groups in total. The Hall–Kier alpha value is -1.62. The predicted octanol–water partition coefficient (Wildman–Crippen LogP) is 1.73. The van der Waals surface area contributed by atoms with Gasteiger partial charge in [0.25, 0.3) is 5.91 Å². The van der Waals surface area contributed by atoms with E-state index in [1.165, 1.54) is 11.6 Å². The Balaban J connectivity index is 2.74. The van der Waals surface area contributed by atoms with E-state index in [9.17, 15) is 9.90 Å². The molecule has 17 heavy (non-hydrogen) atoms. The summed E-state index contributed by atoms with van der Waals surface area (Å²) in [7, 11) is 0. The van der Waals surface area contributed by atoms with E-state index in [0.717, 1.165) is 6.42 Å². The maximum Gasteiger partial charge on any atom is 0.270 e. The zero-order valence-corrected chi connectivity index (χ0v) is 10.4. The van der Waals surface area contributed by atoms with Crippen LogP contribution in [0.4, 0.5) is 0 Å². The number of carbonyl (C=O) groups excluding carboxylic acids is 1. The van der Waals surface area contributed by atoms with Crippen molar-refractivity contribution in [3.05, 3.63) is 29.2 Å². The second kappa shape index (κ2) is 5.14. The highest BCUT2D eigenvalue weighted by Crippen LogP contribution is 2.26. The molecular formula is C12H18N2O3. The lowest BCUT2D eigenvalue weighted by Crippen LogP contribution is -2.20. The Bertz CT molecular complexity index is 429. The van der Waals surface area contributed by atoms with Crippen LogP contribution in [0.25, 0.3) is 0 Å². The third kappa shape index (κ3) is 3.71. The fraction of sp³-hybridized carbons (Fsp3) is 0.500. The number of amides is 1. The summed E-state index contributed by atoms with van der Waals surface area (Å²) in [6.45, 7) is 5.61. The lowest BCUT2D eigenvalue weighted by molar-refractivity contribution is 0.0205. The Morgan fingerprint density at radius 3 is 2.76 bits per heavy atom. The van der Waals surface area contributed by atoms with Crippen LogP contribution in [0.1, 0.15) is 49.9 Å². The fourth-order valence-corrected chi connectivity index (χ4v) is 1.41. The van der Waals surface area contributed by atoms with Crippen molar-refractivity contribution in [2.75, 3.05) is 0 Å². The fourth-order valence-electron chi connectivity index (χ4n) is 1.41. The number of aromatic nitrogens is 1. The zero-order valence-electron chi connectivity index (χ0n) is 10.4. The van der Waals surface area contributed by atoms with Gasteiger partial charge < -0.3 is 15.4 Å². The summed E-state index contributed by atoms with van der Waals surface area (Å²) in [6, 6.07) is 1.38. The quantitative estimate of drug-likeness (QED) is 0.764. The van der Waals surface area contributed by atoms with Gasteiger partial charge in [-0.1, -0.05) is 16.8 Å². The van der Waals surface area contributed by atoms with E-state index in [1.54, 1.807) is 6.92 Å². The third-order valence-corrected chi connectivity index (χ3v) is 2.48. The van der Waals surface area contributed by atoms with E-state index in [4.69, 9.17) is 10.3 Å². The van der Waals surface area contributed by atoms with Crippen LogP contribution in [0.3, 0.4) is 0 Å². The monoisotopic (exact) mass is 238 g/mol. The van der Waals surface area contributed by atoms with Crippen molar-refractivity contribution >= 4 is 5.91 Å². The maximum atomic E-state index is 10.9. The number of nitrogens with two attached hydrogens (primary N) is 1. The minimum Gasteiger partial charge on any atom is -0.382 e. The van der Waals surface area contributed by atoms with Gasteiger partial charge in [0.2, 0.25) is 0 Å². The zero-order chi connectivity index (χ0) is 13.1. The molecule has 0 spiro atoms. The van der Waals surface area contributed by atoms with Crippen LogP contribution in [-0.2, 0) is 5.60 Å². The van der Waals surface area contributed by atoms with Crippen molar-refractivity contribution in [1.29, 1.82) is 0 Å². The number of aliphatic hydroxyl groups is 1. The van der Waals surface area contributed by atoms with Crippen LogP contribution in [0, 0.1) is 0 Å². The highest BCUT2D eigenvalue weighted by atomic mass is 16.5. The van der Waals surface area contributed by atoms with Crippen molar-refractivity contribution in [1.82, 2.24) is 5.16 Å². The summed E-state index contributed by atoms with van der Waals surface area (Å²) in [4.78, 5) is 10.9. The Labute approximate surface area is 100 Å². The number of primary amides is 1. The topological polar surface area (TPSA) is 89.4 Å². The van der Waals surface area contributed by atoms with Gasteiger partial charge in [-0.3, -0.25) is 4.79 Å². The van der Waals surface area contributed by atoms with Gasteiger partial charge in [0.1, 0.15) is 5.60 Å². The lowest BCUT2D eigenvalue weighted by Gasteiger charge is -2.18. The maximum absolute atomic E-state index is 10.9. The summed E-state index contributed by atoms with van der Waals surface area (Å²) < 4.78 is 4.93. The van der Waals surface area contributed by atoms with Crippen molar-refractivity contribution in [3.8, 4) is 0 Å². The molecule has 0 aliphatic rings. The molecule has 0 aromatic carbocycles. The van der Waals surface area contributed by atoms with E-state index < -0.39 is 11.5 Å². The standard InChI is InChI=1S/C12H18N2O3/c1-8(2)5-4-6-12(3,16)10-7-9(11(13)15)14-17-10/h5,7,16H,4,6H2,1-3H3,(H2,13,15)/t12-/m0/s1. The molecule has 1 aromatic heterocycles. The second-order valence-corrected chi connectivity index (χ2v) is 4.53. The summed E-state index contributed by atoms with van der Waals surface area (Å²) in [5.41, 5.74) is 5.13. The van der Waals surface area contributed by atoms with Crippen LogP contribution in [0.2, 0.25) is 0 Å². The molecule has 0 fully saturated rings. The van der Waals surface area contributed by atoms with Crippen molar-refractivity contribution < 1.29 is 14.4 Å². The van der Waals surface area contributed by atoms with E-state index in [1.807, 2.05) is 19.9 Å². The van der Waals surface area contributed by atoms with Crippen LogP contribution >= 0.6 is 0 Å². The molecule has 1 heterocycles. The van der Waals surface area contributed by atoms with Gasteiger partial charge in [-0.05, 0) is 33.6 Å². The number of hydrogen-bond acceptors (Lipinski definition) is 4. The molecule has 5 heteroatoms. The number of nitrogens with zero attached hydrogens (tertiary/aromatic N) is 1. The van der Waals surface area contributed by atoms with Crippen LogP contribution < -0.4 is 5.73 Å². The first-order chi connectivity index (χ1) is 7.83. The smallest absolute Gasteiger partial charge is 0.270 e. The molecule has 1 atom stereocenters. The molecule has 1 rings (SSSR count). The molecule has 0 bridgehead atoms. The predicted molar refractivity (Wildman–Crippen MR) is 63.3 cm³/mol. The molecule has 0 unspecified atom stereocenters. The first-order valence-corrected chi connectivity index (χ1v) is 5.45. The van der Waals surface area contributed by atoms with E-state index in [2.05, 4.69) is 5.16 Å². The van der Waals surface area contributed by atoms with Gasteiger partial charge in [-0.15, -0.1) is 0 Å². The molecule has 0 aliphatic heterocycles. The van der Waals surface area contributed by atoms with Crippen LogP contribution in [0.15, 0.2) is 22.2 Å². The first kappa shape index (κ1) is 13.4. The normalized spacial score (nSPS) is 14.1. The minimum atomic E-state index is -1.15. The van der Waals surface area contributed by atoms with E-state index >= 15 is 0 Å². The van der Waals surface area contributed by atoms with E-state index in [0.29, 0.717) is 6.42 Å². The SMILES string of the molecule is CC(C)=CCC[C@](C)(O)c1cc(C(N)=O)no1. The molecular weight excluding hydrogens is 220 g/mol. The van der Waals surface area contributed by atoms with Crippen molar-refractivity contribution in [2.24, 2.45) is 5.73 Å². The molecule has 0 radical (unpaired) electrons. The highest BCUT2D eigenvalue weighted by Gasteiger charge is 2.28. The first-order valence-electron chi connectivity index (χ1n) is 5.45. The Kier molecular flexibility index (Phi) is 4.07. The molecule has 0 saturated carbocycles. The molecule has 0 saturated heterocycles. The molecule has 1 aromatic rings. The number of hydrogen-bond donors (Lipinski definition) is 2. The second-order valence-electron chi connectivity index (χ2n) is 4.53. The molecule has 0 aliphatic carbocycles. The van der Waals surface area contributed by atoms with Crippen LogP contribution in [-0.4, -0.2) is 16.2 Å². The molecule has 1 amide bonds. The number of carbonyl (C=O) groups is 1. The summed E-state index contributed by atoms with van der Waals surface area (Å²) in [6.07, 6.45) is 3.24. The number of rotatable bonds is 5. The largest absolute Gasteiger partial charge is 0.382 e. The van der Waals surface area contributed by atoms with Gasteiger partial charge in [0, 0.05) is 6.07 Å². The number of allylic oxidation sites excluding steroid dienone is 2. The third-order valence-electron chi connectivity index (χ3n) is 2.48. The molecule has 94 valence electrons. The van der Waals surface area contributed by atoms with Crippen LogP contribution in [0.5, 0.6) is 0 Å². The van der Waals surface area contributed by atoms with Gasteiger partial charge in [-0.2, -0.15) is 0 Å². The minimum absolute atomic E-state index is 0.0301. The van der Waals surface area contributed by atoms with Gasteiger partial charge >= 0.3 is 0 Å².